The lowest BCUT2D eigenvalue weighted by Gasteiger charge is -2.12. The van der Waals surface area contributed by atoms with Gasteiger partial charge >= 0.3 is 0 Å². The minimum atomic E-state index is 0.563. The predicted molar refractivity (Wildman–Crippen MR) is 91.8 cm³/mol. The van der Waals surface area contributed by atoms with Crippen LogP contribution < -0.4 is 10.6 Å². The number of guanidine groups is 1. The number of hydrogen-bond donors (Lipinski definition) is 2. The molecule has 23 heavy (non-hydrogen) atoms. The van der Waals surface area contributed by atoms with Crippen molar-refractivity contribution in [1.82, 2.24) is 25.4 Å². The zero-order valence-corrected chi connectivity index (χ0v) is 14.3. The van der Waals surface area contributed by atoms with Crippen molar-refractivity contribution in [2.75, 3.05) is 7.05 Å². The Hall–Kier alpha value is -1.79. The first-order chi connectivity index (χ1) is 11.2. The fourth-order valence-electron chi connectivity index (χ4n) is 2.57. The Labute approximate surface area is 144 Å². The topological polar surface area (TPSA) is 67.1 Å². The monoisotopic (exact) mass is 352 g/mol. The Morgan fingerprint density at radius 1 is 1.26 bits per heavy atom. The summed E-state index contributed by atoms with van der Waals surface area (Å²) >= 11 is 12.1. The summed E-state index contributed by atoms with van der Waals surface area (Å²) in [5, 5.41) is 16.2. The maximum absolute atomic E-state index is 6.17. The first kappa shape index (κ1) is 16.1. The molecule has 6 nitrogen and oxygen atoms in total. The van der Waals surface area contributed by atoms with Crippen molar-refractivity contribution in [2.24, 2.45) is 4.99 Å². The SMILES string of the molecule is CN=C(NCc1ccc(Cl)cc1Cl)NCc1nnc2n1CCC2. The van der Waals surface area contributed by atoms with E-state index in [1.807, 2.05) is 12.1 Å². The molecular weight excluding hydrogens is 335 g/mol. The highest BCUT2D eigenvalue weighted by atomic mass is 35.5. The molecule has 0 fully saturated rings. The van der Waals surface area contributed by atoms with Crippen LogP contribution in [0.4, 0.5) is 0 Å². The third-order valence-corrected chi connectivity index (χ3v) is 4.37. The molecule has 1 aliphatic rings. The Bertz CT molecular complexity index is 725. The van der Waals surface area contributed by atoms with Gasteiger partial charge in [0.25, 0.3) is 0 Å². The van der Waals surface area contributed by atoms with Gasteiger partial charge in [0.2, 0.25) is 0 Å². The molecule has 0 unspecified atom stereocenters. The van der Waals surface area contributed by atoms with Crippen LogP contribution >= 0.6 is 23.2 Å². The zero-order valence-electron chi connectivity index (χ0n) is 12.8. The van der Waals surface area contributed by atoms with Gasteiger partial charge in [-0.05, 0) is 24.1 Å². The van der Waals surface area contributed by atoms with Gasteiger partial charge in [0, 0.05) is 36.6 Å². The number of benzene rings is 1. The van der Waals surface area contributed by atoms with E-state index in [9.17, 15) is 0 Å². The van der Waals surface area contributed by atoms with Crippen LogP contribution in [0, 0.1) is 0 Å². The van der Waals surface area contributed by atoms with Crippen molar-refractivity contribution in [2.45, 2.75) is 32.5 Å². The van der Waals surface area contributed by atoms with Gasteiger partial charge < -0.3 is 15.2 Å². The van der Waals surface area contributed by atoms with E-state index in [0.29, 0.717) is 29.1 Å². The number of aliphatic imine (C=N–C) groups is 1. The molecule has 2 aromatic rings. The molecule has 2 N–H and O–H groups in total. The molecule has 1 aromatic carbocycles. The highest BCUT2D eigenvalue weighted by molar-refractivity contribution is 6.35. The summed E-state index contributed by atoms with van der Waals surface area (Å²) in [6.45, 7) is 2.14. The predicted octanol–water partition coefficient (Wildman–Crippen LogP) is 2.40. The first-order valence-corrected chi connectivity index (χ1v) is 8.22. The molecule has 8 heteroatoms. The normalized spacial score (nSPS) is 14.0. The average Bonchev–Trinajstić information content (AvgIpc) is 3.13. The molecule has 1 aromatic heterocycles. The van der Waals surface area contributed by atoms with Crippen molar-refractivity contribution in [3.63, 3.8) is 0 Å². The molecule has 1 aliphatic heterocycles. The number of nitrogens with zero attached hydrogens (tertiary/aromatic N) is 4. The highest BCUT2D eigenvalue weighted by Crippen LogP contribution is 2.20. The first-order valence-electron chi connectivity index (χ1n) is 7.47. The lowest BCUT2D eigenvalue weighted by Crippen LogP contribution is -2.37. The van der Waals surface area contributed by atoms with Crippen molar-refractivity contribution in [1.29, 1.82) is 0 Å². The second kappa shape index (κ2) is 7.19. The Morgan fingerprint density at radius 2 is 2.09 bits per heavy atom. The van der Waals surface area contributed by atoms with Crippen LogP contribution in [-0.4, -0.2) is 27.8 Å². The smallest absolute Gasteiger partial charge is 0.191 e. The number of rotatable bonds is 4. The molecule has 3 rings (SSSR count). The maximum atomic E-state index is 6.17. The van der Waals surface area contributed by atoms with Crippen LogP contribution in [0.3, 0.4) is 0 Å². The maximum Gasteiger partial charge on any atom is 0.191 e. The Morgan fingerprint density at radius 3 is 2.87 bits per heavy atom. The molecule has 2 heterocycles. The number of aromatic nitrogens is 3. The molecule has 0 spiro atoms. The summed E-state index contributed by atoms with van der Waals surface area (Å²) < 4.78 is 2.16. The van der Waals surface area contributed by atoms with E-state index in [1.54, 1.807) is 13.1 Å². The van der Waals surface area contributed by atoms with Gasteiger partial charge in [-0.1, -0.05) is 29.3 Å². The van der Waals surface area contributed by atoms with E-state index in [0.717, 1.165) is 36.6 Å². The third-order valence-electron chi connectivity index (χ3n) is 3.79. The van der Waals surface area contributed by atoms with Gasteiger partial charge in [0.05, 0.1) is 6.54 Å². The third kappa shape index (κ3) is 3.76. The van der Waals surface area contributed by atoms with E-state index >= 15 is 0 Å². The second-order valence-electron chi connectivity index (χ2n) is 5.30. The van der Waals surface area contributed by atoms with Gasteiger partial charge in [-0.2, -0.15) is 0 Å². The van der Waals surface area contributed by atoms with Crippen LogP contribution in [0.25, 0.3) is 0 Å². The van der Waals surface area contributed by atoms with Crippen LogP contribution in [0.5, 0.6) is 0 Å². The summed E-state index contributed by atoms with van der Waals surface area (Å²) in [6, 6.07) is 5.45. The van der Waals surface area contributed by atoms with Gasteiger partial charge in [-0.15, -0.1) is 10.2 Å². The largest absolute Gasteiger partial charge is 0.352 e. The highest BCUT2D eigenvalue weighted by Gasteiger charge is 2.17. The molecule has 0 saturated heterocycles. The van der Waals surface area contributed by atoms with Gasteiger partial charge in [0.1, 0.15) is 5.82 Å². The van der Waals surface area contributed by atoms with E-state index in [1.165, 1.54) is 0 Å². The molecule has 0 bridgehead atoms. The van der Waals surface area contributed by atoms with Crippen molar-refractivity contribution in [3.8, 4) is 0 Å². The van der Waals surface area contributed by atoms with E-state index < -0.39 is 0 Å². The van der Waals surface area contributed by atoms with E-state index in [4.69, 9.17) is 23.2 Å². The van der Waals surface area contributed by atoms with Gasteiger partial charge in [-0.25, -0.2) is 0 Å². The average molecular weight is 353 g/mol. The van der Waals surface area contributed by atoms with Crippen molar-refractivity contribution < 1.29 is 0 Å². The number of aryl methyl sites for hydroxylation is 1. The summed E-state index contributed by atoms with van der Waals surface area (Å²) in [4.78, 5) is 4.21. The summed E-state index contributed by atoms with van der Waals surface area (Å²) in [5.41, 5.74) is 0.961. The molecule has 0 atom stereocenters. The van der Waals surface area contributed by atoms with Crippen molar-refractivity contribution >= 4 is 29.2 Å². The van der Waals surface area contributed by atoms with Crippen LogP contribution in [0.15, 0.2) is 23.2 Å². The Balaban J connectivity index is 1.56. The molecule has 0 amide bonds. The minimum Gasteiger partial charge on any atom is -0.352 e. The van der Waals surface area contributed by atoms with Crippen LogP contribution in [-0.2, 0) is 26.1 Å². The van der Waals surface area contributed by atoms with Crippen molar-refractivity contribution in [3.05, 3.63) is 45.5 Å². The molecule has 0 radical (unpaired) electrons. The van der Waals surface area contributed by atoms with Crippen LogP contribution in [0.2, 0.25) is 10.0 Å². The lowest BCUT2D eigenvalue weighted by molar-refractivity contribution is 0.663. The lowest BCUT2D eigenvalue weighted by atomic mass is 10.2. The van der Waals surface area contributed by atoms with Crippen LogP contribution in [0.1, 0.15) is 23.6 Å². The van der Waals surface area contributed by atoms with E-state index in [2.05, 4.69) is 30.4 Å². The van der Waals surface area contributed by atoms with Gasteiger partial charge in [0.15, 0.2) is 11.8 Å². The summed E-state index contributed by atoms with van der Waals surface area (Å²) in [7, 11) is 1.73. The number of halogens is 2. The summed E-state index contributed by atoms with van der Waals surface area (Å²) in [6.07, 6.45) is 2.15. The Kier molecular flexibility index (Phi) is 5.03. The molecule has 0 aliphatic carbocycles. The van der Waals surface area contributed by atoms with Gasteiger partial charge in [-0.3, -0.25) is 4.99 Å². The number of nitrogens with one attached hydrogen (secondary N) is 2. The van der Waals surface area contributed by atoms with E-state index in [-0.39, 0.29) is 0 Å². The molecule has 0 saturated carbocycles. The number of fused-ring (bicyclic) bond motifs is 1. The number of hydrogen-bond acceptors (Lipinski definition) is 3. The molecular formula is C15H18Cl2N6. The second-order valence-corrected chi connectivity index (χ2v) is 6.15. The fraction of sp³-hybridized carbons (Fsp3) is 0.400. The standard InChI is InChI=1S/C15H18Cl2N6/c1-18-15(19-8-10-4-5-11(16)7-12(10)17)20-9-14-22-21-13-3-2-6-23(13)14/h4-5,7H,2-3,6,8-9H2,1H3,(H2,18,19,20). The quantitative estimate of drug-likeness (QED) is 0.654. The zero-order chi connectivity index (χ0) is 16.2. The fourth-order valence-corrected chi connectivity index (χ4v) is 3.04. The molecule has 122 valence electrons. The summed E-state index contributed by atoms with van der Waals surface area (Å²) in [5.74, 6) is 2.69. The minimum absolute atomic E-state index is 0.563.